The van der Waals surface area contributed by atoms with Gasteiger partial charge in [-0.25, -0.2) is 0 Å². The van der Waals surface area contributed by atoms with E-state index in [1.807, 2.05) is 6.07 Å². The van der Waals surface area contributed by atoms with E-state index in [0.717, 1.165) is 22.2 Å². The fraction of sp³-hybridized carbons (Fsp3) is 0.375. The third-order valence-electron chi connectivity index (χ3n) is 3.31. The summed E-state index contributed by atoms with van der Waals surface area (Å²) in [5.74, 6) is 0.150. The standard InChI is InChI=1S/C16H19NO2/c1-10(2)13-6-5-7-14-11(3)8-12(17-16(13)14)9-15(18)19-4/h5-8,10H,9H2,1-4H3. The molecule has 0 bridgehead atoms. The molecule has 1 aromatic heterocycles. The lowest BCUT2D eigenvalue weighted by atomic mass is 9.97. The summed E-state index contributed by atoms with van der Waals surface area (Å²) in [7, 11) is 1.40. The van der Waals surface area contributed by atoms with Crippen molar-refractivity contribution in [2.75, 3.05) is 7.11 Å². The minimum atomic E-state index is -0.256. The summed E-state index contributed by atoms with van der Waals surface area (Å²) in [6.07, 6.45) is 0.222. The summed E-state index contributed by atoms with van der Waals surface area (Å²) in [6.45, 7) is 6.35. The van der Waals surface area contributed by atoms with Crippen molar-refractivity contribution in [2.24, 2.45) is 0 Å². The minimum Gasteiger partial charge on any atom is -0.469 e. The predicted molar refractivity (Wildman–Crippen MR) is 76.3 cm³/mol. The van der Waals surface area contributed by atoms with E-state index in [0.29, 0.717) is 5.92 Å². The second-order valence-corrected chi connectivity index (χ2v) is 5.08. The molecule has 1 aromatic carbocycles. The number of carbonyl (C=O) groups excluding carboxylic acids is 1. The number of benzene rings is 1. The summed E-state index contributed by atoms with van der Waals surface area (Å²) in [5.41, 5.74) is 4.13. The maximum atomic E-state index is 11.4. The topological polar surface area (TPSA) is 39.2 Å². The molecule has 0 spiro atoms. The largest absolute Gasteiger partial charge is 0.469 e. The van der Waals surface area contributed by atoms with Gasteiger partial charge in [-0.05, 0) is 30.0 Å². The Morgan fingerprint density at radius 3 is 2.74 bits per heavy atom. The molecular weight excluding hydrogens is 238 g/mol. The van der Waals surface area contributed by atoms with Gasteiger partial charge in [-0.2, -0.15) is 0 Å². The molecule has 0 aliphatic heterocycles. The second-order valence-electron chi connectivity index (χ2n) is 5.08. The third kappa shape index (κ3) is 2.75. The van der Waals surface area contributed by atoms with Crippen LogP contribution in [0.5, 0.6) is 0 Å². The number of rotatable bonds is 3. The van der Waals surface area contributed by atoms with Crippen LogP contribution in [-0.2, 0) is 16.0 Å². The van der Waals surface area contributed by atoms with Gasteiger partial charge < -0.3 is 4.74 Å². The lowest BCUT2D eigenvalue weighted by molar-refractivity contribution is -0.139. The molecule has 3 nitrogen and oxygen atoms in total. The van der Waals surface area contributed by atoms with Crippen LogP contribution in [0.2, 0.25) is 0 Å². The first-order chi connectivity index (χ1) is 9.02. The van der Waals surface area contributed by atoms with Crippen molar-refractivity contribution in [2.45, 2.75) is 33.1 Å². The van der Waals surface area contributed by atoms with Crippen molar-refractivity contribution >= 4 is 16.9 Å². The second kappa shape index (κ2) is 5.39. The van der Waals surface area contributed by atoms with Gasteiger partial charge in [0.1, 0.15) is 0 Å². The molecule has 2 aromatic rings. The summed E-state index contributed by atoms with van der Waals surface area (Å²) in [6, 6.07) is 8.20. The number of fused-ring (bicyclic) bond motifs is 1. The number of nitrogens with zero attached hydrogens (tertiary/aromatic N) is 1. The Labute approximate surface area is 113 Å². The van der Waals surface area contributed by atoms with Crippen LogP contribution in [0.3, 0.4) is 0 Å². The Morgan fingerprint density at radius 1 is 1.37 bits per heavy atom. The van der Waals surface area contributed by atoms with Crippen molar-refractivity contribution < 1.29 is 9.53 Å². The Kier molecular flexibility index (Phi) is 3.84. The van der Waals surface area contributed by atoms with Gasteiger partial charge in [0, 0.05) is 5.39 Å². The van der Waals surface area contributed by atoms with Gasteiger partial charge in [-0.1, -0.05) is 32.0 Å². The first kappa shape index (κ1) is 13.5. The number of carbonyl (C=O) groups is 1. The number of ether oxygens (including phenoxy) is 1. The number of aromatic nitrogens is 1. The molecule has 1 heterocycles. The predicted octanol–water partition coefficient (Wildman–Crippen LogP) is 3.38. The zero-order valence-corrected chi connectivity index (χ0v) is 11.9. The Balaban J connectivity index is 2.59. The monoisotopic (exact) mass is 257 g/mol. The number of hydrogen-bond donors (Lipinski definition) is 0. The number of hydrogen-bond acceptors (Lipinski definition) is 3. The molecule has 2 rings (SSSR count). The van der Waals surface area contributed by atoms with E-state index < -0.39 is 0 Å². The van der Waals surface area contributed by atoms with Crippen LogP contribution in [-0.4, -0.2) is 18.1 Å². The molecule has 3 heteroatoms. The van der Waals surface area contributed by atoms with Crippen molar-refractivity contribution in [3.8, 4) is 0 Å². The molecule has 100 valence electrons. The minimum absolute atomic E-state index is 0.222. The highest BCUT2D eigenvalue weighted by atomic mass is 16.5. The molecule has 0 atom stereocenters. The van der Waals surface area contributed by atoms with Gasteiger partial charge in [-0.15, -0.1) is 0 Å². The number of esters is 1. The van der Waals surface area contributed by atoms with Crippen molar-refractivity contribution in [3.63, 3.8) is 0 Å². The van der Waals surface area contributed by atoms with Crippen molar-refractivity contribution in [1.82, 2.24) is 4.98 Å². The average Bonchev–Trinajstić information content (AvgIpc) is 2.37. The highest BCUT2D eigenvalue weighted by molar-refractivity contribution is 5.86. The van der Waals surface area contributed by atoms with Crippen LogP contribution in [0, 0.1) is 6.92 Å². The average molecular weight is 257 g/mol. The first-order valence-electron chi connectivity index (χ1n) is 6.49. The number of pyridine rings is 1. The van der Waals surface area contributed by atoms with Gasteiger partial charge in [0.2, 0.25) is 0 Å². The molecule has 0 saturated heterocycles. The third-order valence-corrected chi connectivity index (χ3v) is 3.31. The van der Waals surface area contributed by atoms with Crippen molar-refractivity contribution in [1.29, 1.82) is 0 Å². The maximum absolute atomic E-state index is 11.4. The van der Waals surface area contributed by atoms with Gasteiger partial charge in [0.25, 0.3) is 0 Å². The summed E-state index contributed by atoms with van der Waals surface area (Å²) >= 11 is 0. The highest BCUT2D eigenvalue weighted by Crippen LogP contribution is 2.26. The number of para-hydroxylation sites is 1. The molecule has 0 saturated carbocycles. The van der Waals surface area contributed by atoms with Crippen molar-refractivity contribution in [3.05, 3.63) is 41.1 Å². The molecule has 0 unspecified atom stereocenters. The van der Waals surface area contributed by atoms with Crippen LogP contribution in [0.15, 0.2) is 24.3 Å². The van der Waals surface area contributed by atoms with E-state index in [1.165, 1.54) is 12.7 Å². The van der Waals surface area contributed by atoms with Gasteiger partial charge in [0.05, 0.1) is 24.7 Å². The fourth-order valence-electron chi connectivity index (χ4n) is 2.28. The van der Waals surface area contributed by atoms with E-state index >= 15 is 0 Å². The van der Waals surface area contributed by atoms with Crippen LogP contribution in [0.4, 0.5) is 0 Å². The van der Waals surface area contributed by atoms with E-state index in [-0.39, 0.29) is 12.4 Å². The summed E-state index contributed by atoms with van der Waals surface area (Å²) in [4.78, 5) is 16.0. The molecule has 0 aliphatic carbocycles. The molecule has 0 fully saturated rings. The normalized spacial score (nSPS) is 11.0. The maximum Gasteiger partial charge on any atom is 0.311 e. The number of methoxy groups -OCH3 is 1. The van der Waals surface area contributed by atoms with Crippen LogP contribution in [0.25, 0.3) is 10.9 Å². The number of aryl methyl sites for hydroxylation is 1. The molecule has 0 amide bonds. The zero-order chi connectivity index (χ0) is 14.0. The lowest BCUT2D eigenvalue weighted by Crippen LogP contribution is -2.07. The van der Waals surface area contributed by atoms with Gasteiger partial charge in [0.15, 0.2) is 0 Å². The van der Waals surface area contributed by atoms with Crippen LogP contribution >= 0.6 is 0 Å². The van der Waals surface area contributed by atoms with Crippen LogP contribution in [0.1, 0.15) is 36.6 Å². The molecule has 0 aliphatic rings. The SMILES string of the molecule is COC(=O)Cc1cc(C)c2cccc(C(C)C)c2n1. The smallest absolute Gasteiger partial charge is 0.311 e. The van der Waals surface area contributed by atoms with Gasteiger partial charge in [-0.3, -0.25) is 9.78 Å². The Hall–Kier alpha value is -1.90. The molecule has 0 N–H and O–H groups in total. The van der Waals surface area contributed by atoms with Crippen LogP contribution < -0.4 is 0 Å². The summed E-state index contributed by atoms with van der Waals surface area (Å²) < 4.78 is 4.70. The molecular formula is C16H19NO2. The summed E-state index contributed by atoms with van der Waals surface area (Å²) in [5, 5.41) is 1.15. The molecule has 0 radical (unpaired) electrons. The Morgan fingerprint density at radius 2 is 2.11 bits per heavy atom. The quantitative estimate of drug-likeness (QED) is 0.791. The van der Waals surface area contributed by atoms with E-state index in [9.17, 15) is 4.79 Å². The van der Waals surface area contributed by atoms with E-state index in [1.54, 1.807) is 0 Å². The first-order valence-corrected chi connectivity index (χ1v) is 6.49. The molecule has 19 heavy (non-hydrogen) atoms. The lowest BCUT2D eigenvalue weighted by Gasteiger charge is -2.12. The zero-order valence-electron chi connectivity index (χ0n) is 11.9. The van der Waals surface area contributed by atoms with E-state index in [2.05, 4.69) is 44.0 Å². The van der Waals surface area contributed by atoms with E-state index in [4.69, 9.17) is 4.74 Å². The van der Waals surface area contributed by atoms with Gasteiger partial charge >= 0.3 is 5.97 Å². The Bertz CT molecular complexity index is 617. The highest BCUT2D eigenvalue weighted by Gasteiger charge is 2.11. The fourth-order valence-corrected chi connectivity index (χ4v) is 2.28.